The Morgan fingerprint density at radius 3 is 2.72 bits per heavy atom. The van der Waals surface area contributed by atoms with E-state index in [1.54, 1.807) is 0 Å². The van der Waals surface area contributed by atoms with Crippen LogP contribution in [0.1, 0.15) is 71.6 Å². The maximum atomic E-state index is 3.71. The van der Waals surface area contributed by atoms with E-state index in [0.717, 1.165) is 18.1 Å². The van der Waals surface area contributed by atoms with Gasteiger partial charge in [0.15, 0.2) is 0 Å². The molecule has 0 aromatic carbocycles. The van der Waals surface area contributed by atoms with E-state index >= 15 is 0 Å². The van der Waals surface area contributed by atoms with Gasteiger partial charge in [-0.1, -0.05) is 26.2 Å². The summed E-state index contributed by atoms with van der Waals surface area (Å²) in [5.41, 5.74) is 0. The Morgan fingerprint density at radius 1 is 1.17 bits per heavy atom. The van der Waals surface area contributed by atoms with Gasteiger partial charge >= 0.3 is 0 Å². The van der Waals surface area contributed by atoms with Crippen molar-refractivity contribution >= 4 is 0 Å². The summed E-state index contributed by atoms with van der Waals surface area (Å²) in [4.78, 5) is 2.82. The fourth-order valence-corrected chi connectivity index (χ4v) is 3.92. The van der Waals surface area contributed by atoms with Crippen molar-refractivity contribution in [2.45, 2.75) is 89.8 Å². The summed E-state index contributed by atoms with van der Waals surface area (Å²) in [6, 6.07) is 2.44. The van der Waals surface area contributed by atoms with Gasteiger partial charge in [0.2, 0.25) is 0 Å². The third kappa shape index (κ3) is 3.96. The minimum atomic E-state index is 0.775. The minimum Gasteiger partial charge on any atom is -0.314 e. The number of nitrogens with one attached hydrogen (secondary N) is 1. The summed E-state index contributed by atoms with van der Waals surface area (Å²) in [6.45, 7) is 7.39. The predicted octanol–water partition coefficient (Wildman–Crippen LogP) is 3.56. The lowest BCUT2D eigenvalue weighted by Gasteiger charge is -2.41. The lowest BCUT2D eigenvalue weighted by Crippen LogP contribution is -2.48. The molecule has 3 atom stereocenters. The highest BCUT2D eigenvalue weighted by Gasteiger charge is 2.27. The molecule has 2 aliphatic heterocycles. The Bertz CT molecular complexity index is 221. The lowest BCUT2D eigenvalue weighted by atomic mass is 9.93. The van der Waals surface area contributed by atoms with Crippen molar-refractivity contribution in [2.75, 3.05) is 13.1 Å². The topological polar surface area (TPSA) is 15.3 Å². The lowest BCUT2D eigenvalue weighted by molar-refractivity contribution is 0.0839. The highest BCUT2D eigenvalue weighted by atomic mass is 15.2. The smallest absolute Gasteiger partial charge is 0.00979 e. The molecule has 2 heteroatoms. The summed E-state index contributed by atoms with van der Waals surface area (Å²) in [7, 11) is 0. The molecule has 2 fully saturated rings. The van der Waals surface area contributed by atoms with Crippen molar-refractivity contribution in [1.82, 2.24) is 10.2 Å². The first-order valence-electron chi connectivity index (χ1n) is 8.30. The Kier molecular flexibility index (Phi) is 5.97. The summed E-state index contributed by atoms with van der Waals surface area (Å²) in [5.74, 6) is 0. The molecule has 0 saturated carbocycles. The normalized spacial score (nSPS) is 32.3. The molecule has 0 radical (unpaired) electrons. The van der Waals surface area contributed by atoms with E-state index in [2.05, 4.69) is 24.1 Å². The van der Waals surface area contributed by atoms with Crippen LogP contribution in [0, 0.1) is 0 Å². The Hall–Kier alpha value is -0.0800. The van der Waals surface area contributed by atoms with E-state index < -0.39 is 0 Å². The first-order valence-corrected chi connectivity index (χ1v) is 8.30. The molecule has 2 rings (SSSR count). The van der Waals surface area contributed by atoms with Crippen LogP contribution in [0.15, 0.2) is 0 Å². The molecular weight excluding hydrogens is 220 g/mol. The molecule has 2 nitrogen and oxygen atoms in total. The van der Waals surface area contributed by atoms with E-state index in [9.17, 15) is 0 Å². The van der Waals surface area contributed by atoms with Crippen molar-refractivity contribution in [3.63, 3.8) is 0 Å². The second-order valence-corrected chi connectivity index (χ2v) is 6.41. The number of piperidine rings is 2. The quantitative estimate of drug-likeness (QED) is 0.805. The average molecular weight is 252 g/mol. The SMILES string of the molecule is CCCC1CCCCN1C(C)CC1CCCCN1. The molecule has 2 heterocycles. The largest absolute Gasteiger partial charge is 0.314 e. The number of nitrogens with zero attached hydrogens (tertiary/aromatic N) is 1. The number of hydrogen-bond acceptors (Lipinski definition) is 2. The van der Waals surface area contributed by atoms with E-state index in [0.29, 0.717) is 0 Å². The molecule has 0 aromatic rings. The monoisotopic (exact) mass is 252 g/mol. The summed E-state index contributed by atoms with van der Waals surface area (Å²) in [5, 5.41) is 3.71. The van der Waals surface area contributed by atoms with Gasteiger partial charge < -0.3 is 5.32 Å². The molecule has 106 valence electrons. The van der Waals surface area contributed by atoms with Crippen LogP contribution in [0.2, 0.25) is 0 Å². The molecule has 0 bridgehead atoms. The van der Waals surface area contributed by atoms with Gasteiger partial charge in [-0.3, -0.25) is 4.90 Å². The van der Waals surface area contributed by atoms with E-state index in [4.69, 9.17) is 0 Å². The molecule has 0 amide bonds. The summed E-state index contributed by atoms with van der Waals surface area (Å²) in [6.07, 6.45) is 12.6. The third-order valence-electron chi connectivity index (χ3n) is 4.90. The van der Waals surface area contributed by atoms with Crippen LogP contribution in [0.3, 0.4) is 0 Å². The standard InChI is InChI=1S/C16H32N2/c1-3-8-16-10-5-7-12-18(16)14(2)13-15-9-4-6-11-17-15/h14-17H,3-13H2,1-2H3. The second-order valence-electron chi connectivity index (χ2n) is 6.41. The molecule has 18 heavy (non-hydrogen) atoms. The summed E-state index contributed by atoms with van der Waals surface area (Å²) >= 11 is 0. The Labute approximate surface area is 114 Å². The fourth-order valence-electron chi connectivity index (χ4n) is 3.92. The van der Waals surface area contributed by atoms with Crippen LogP contribution < -0.4 is 5.32 Å². The van der Waals surface area contributed by atoms with Crippen LogP contribution in [0.4, 0.5) is 0 Å². The van der Waals surface area contributed by atoms with Gasteiger partial charge in [0.1, 0.15) is 0 Å². The molecule has 2 saturated heterocycles. The zero-order valence-corrected chi connectivity index (χ0v) is 12.5. The van der Waals surface area contributed by atoms with Gasteiger partial charge in [0.05, 0.1) is 0 Å². The van der Waals surface area contributed by atoms with E-state index in [-0.39, 0.29) is 0 Å². The van der Waals surface area contributed by atoms with Gasteiger partial charge in [-0.15, -0.1) is 0 Å². The van der Waals surface area contributed by atoms with Crippen molar-refractivity contribution in [1.29, 1.82) is 0 Å². The van der Waals surface area contributed by atoms with Gasteiger partial charge in [-0.25, -0.2) is 0 Å². The molecular formula is C16H32N2. The molecule has 0 aromatic heterocycles. The van der Waals surface area contributed by atoms with Gasteiger partial charge in [-0.2, -0.15) is 0 Å². The van der Waals surface area contributed by atoms with Gasteiger partial charge in [-0.05, 0) is 58.5 Å². The maximum Gasteiger partial charge on any atom is 0.00979 e. The minimum absolute atomic E-state index is 0.775. The number of rotatable bonds is 5. The van der Waals surface area contributed by atoms with E-state index in [1.807, 2.05) is 0 Å². The van der Waals surface area contributed by atoms with E-state index in [1.165, 1.54) is 70.9 Å². The fraction of sp³-hybridized carbons (Fsp3) is 1.00. The highest BCUT2D eigenvalue weighted by molar-refractivity contribution is 4.84. The van der Waals surface area contributed by atoms with Crippen LogP contribution >= 0.6 is 0 Å². The molecule has 2 aliphatic rings. The zero-order chi connectivity index (χ0) is 12.8. The second kappa shape index (κ2) is 7.49. The molecule has 0 spiro atoms. The molecule has 3 unspecified atom stereocenters. The highest BCUT2D eigenvalue weighted by Crippen LogP contribution is 2.25. The number of hydrogen-bond donors (Lipinski definition) is 1. The van der Waals surface area contributed by atoms with Crippen LogP contribution in [-0.2, 0) is 0 Å². The first kappa shape index (κ1) is 14.3. The van der Waals surface area contributed by atoms with Crippen molar-refractivity contribution in [3.8, 4) is 0 Å². The van der Waals surface area contributed by atoms with Crippen molar-refractivity contribution < 1.29 is 0 Å². The third-order valence-corrected chi connectivity index (χ3v) is 4.90. The summed E-state index contributed by atoms with van der Waals surface area (Å²) < 4.78 is 0. The number of likely N-dealkylation sites (tertiary alicyclic amines) is 1. The van der Waals surface area contributed by atoms with Gasteiger partial charge in [0.25, 0.3) is 0 Å². The van der Waals surface area contributed by atoms with Crippen molar-refractivity contribution in [2.24, 2.45) is 0 Å². The van der Waals surface area contributed by atoms with Crippen LogP contribution in [0.5, 0.6) is 0 Å². The maximum absolute atomic E-state index is 3.71. The molecule has 0 aliphatic carbocycles. The zero-order valence-electron chi connectivity index (χ0n) is 12.5. The van der Waals surface area contributed by atoms with Crippen LogP contribution in [0.25, 0.3) is 0 Å². The first-order chi connectivity index (χ1) is 8.81. The van der Waals surface area contributed by atoms with Crippen LogP contribution in [-0.4, -0.2) is 36.1 Å². The molecule has 1 N–H and O–H groups in total. The predicted molar refractivity (Wildman–Crippen MR) is 79.0 cm³/mol. The average Bonchev–Trinajstić information content (AvgIpc) is 2.41. The van der Waals surface area contributed by atoms with Gasteiger partial charge in [0, 0.05) is 18.1 Å². The van der Waals surface area contributed by atoms with Crippen molar-refractivity contribution in [3.05, 3.63) is 0 Å². The Morgan fingerprint density at radius 2 is 2.00 bits per heavy atom. The Balaban J connectivity index is 1.82.